The molecule has 0 saturated carbocycles. The first-order valence-electron chi connectivity index (χ1n) is 5.04. The maximum atomic E-state index is 11.3. The normalized spacial score (nSPS) is 10.5. The van der Waals surface area contributed by atoms with E-state index in [0.717, 1.165) is 9.86 Å². The van der Waals surface area contributed by atoms with Crippen LogP contribution in [0.5, 0.6) is 5.75 Å². The molecule has 4 heteroatoms. The lowest BCUT2D eigenvalue weighted by Crippen LogP contribution is -2.03. The van der Waals surface area contributed by atoms with Crippen LogP contribution in [0.25, 0.3) is 10.8 Å². The Morgan fingerprint density at radius 1 is 1.35 bits per heavy atom. The van der Waals surface area contributed by atoms with Gasteiger partial charge in [-0.1, -0.05) is 22.0 Å². The number of hydrogen-bond donors (Lipinski definition) is 1. The SMILES string of the molecule is COc1cc2ccc(Br)cc2c(C(=O)O)c1C. The number of ether oxygens (including phenoxy) is 1. The average Bonchev–Trinajstić information content (AvgIpc) is 2.27. The van der Waals surface area contributed by atoms with Crippen molar-refractivity contribution >= 4 is 32.7 Å². The van der Waals surface area contributed by atoms with E-state index < -0.39 is 5.97 Å². The Hall–Kier alpha value is -1.55. The molecule has 0 atom stereocenters. The van der Waals surface area contributed by atoms with Crippen LogP contribution in [0.2, 0.25) is 0 Å². The molecule has 0 saturated heterocycles. The third-order valence-electron chi connectivity index (χ3n) is 2.75. The van der Waals surface area contributed by atoms with E-state index in [2.05, 4.69) is 15.9 Å². The van der Waals surface area contributed by atoms with Crippen molar-refractivity contribution in [2.24, 2.45) is 0 Å². The first-order valence-corrected chi connectivity index (χ1v) is 5.84. The van der Waals surface area contributed by atoms with Crippen molar-refractivity contribution < 1.29 is 14.6 Å². The summed E-state index contributed by atoms with van der Waals surface area (Å²) in [5.41, 5.74) is 0.936. The van der Waals surface area contributed by atoms with E-state index in [-0.39, 0.29) is 0 Å². The number of rotatable bonds is 2. The Morgan fingerprint density at radius 2 is 2.06 bits per heavy atom. The zero-order chi connectivity index (χ0) is 12.6. The summed E-state index contributed by atoms with van der Waals surface area (Å²) in [6, 6.07) is 7.41. The van der Waals surface area contributed by atoms with Crippen molar-refractivity contribution in [1.82, 2.24) is 0 Å². The highest BCUT2D eigenvalue weighted by molar-refractivity contribution is 9.10. The fourth-order valence-electron chi connectivity index (χ4n) is 1.93. The summed E-state index contributed by atoms with van der Waals surface area (Å²) in [7, 11) is 1.54. The quantitative estimate of drug-likeness (QED) is 0.920. The second-order valence-electron chi connectivity index (χ2n) is 3.75. The highest BCUT2D eigenvalue weighted by Gasteiger charge is 2.16. The first kappa shape index (κ1) is 11.9. The fourth-order valence-corrected chi connectivity index (χ4v) is 2.29. The molecule has 0 aromatic heterocycles. The van der Waals surface area contributed by atoms with Crippen LogP contribution >= 0.6 is 15.9 Å². The second kappa shape index (κ2) is 4.37. The minimum atomic E-state index is -0.940. The average molecular weight is 295 g/mol. The van der Waals surface area contributed by atoms with Crippen molar-refractivity contribution in [1.29, 1.82) is 0 Å². The number of hydrogen-bond acceptors (Lipinski definition) is 2. The van der Waals surface area contributed by atoms with Crippen LogP contribution in [0.1, 0.15) is 15.9 Å². The maximum absolute atomic E-state index is 11.3. The highest BCUT2D eigenvalue weighted by atomic mass is 79.9. The third kappa shape index (κ3) is 2.00. The molecule has 0 radical (unpaired) electrons. The zero-order valence-electron chi connectivity index (χ0n) is 9.45. The summed E-state index contributed by atoms with van der Waals surface area (Å²) in [5, 5.41) is 10.9. The minimum absolute atomic E-state index is 0.292. The first-order chi connectivity index (χ1) is 8.04. The molecule has 0 aliphatic heterocycles. The van der Waals surface area contributed by atoms with Gasteiger partial charge in [0.1, 0.15) is 5.75 Å². The lowest BCUT2D eigenvalue weighted by Gasteiger charge is -2.11. The molecule has 88 valence electrons. The van der Waals surface area contributed by atoms with Crippen LogP contribution in [0.3, 0.4) is 0 Å². The van der Waals surface area contributed by atoms with E-state index >= 15 is 0 Å². The molecule has 0 spiro atoms. The summed E-state index contributed by atoms with van der Waals surface area (Å²) in [4.78, 5) is 11.3. The number of carbonyl (C=O) groups is 1. The molecule has 2 aromatic carbocycles. The van der Waals surface area contributed by atoms with Crippen molar-refractivity contribution in [2.45, 2.75) is 6.92 Å². The number of carboxylic acid groups (broad SMARTS) is 1. The zero-order valence-corrected chi connectivity index (χ0v) is 11.0. The standard InChI is InChI=1S/C13H11BrO3/c1-7-11(17-2)5-8-3-4-9(14)6-10(8)12(7)13(15)16/h3-6H,1-2H3,(H,15,16). The molecule has 0 bridgehead atoms. The lowest BCUT2D eigenvalue weighted by molar-refractivity contribution is 0.0698. The summed E-state index contributed by atoms with van der Waals surface area (Å²) >= 11 is 3.35. The van der Waals surface area contributed by atoms with Gasteiger partial charge in [-0.3, -0.25) is 0 Å². The molecule has 0 fully saturated rings. The van der Waals surface area contributed by atoms with Gasteiger partial charge in [0.05, 0.1) is 12.7 Å². The number of aromatic carboxylic acids is 1. The second-order valence-corrected chi connectivity index (χ2v) is 4.67. The fraction of sp³-hybridized carbons (Fsp3) is 0.154. The molecule has 0 aliphatic rings. The molecule has 2 aromatic rings. The van der Waals surface area contributed by atoms with Crippen LogP contribution < -0.4 is 4.74 Å². The van der Waals surface area contributed by atoms with Crippen LogP contribution in [-0.4, -0.2) is 18.2 Å². The van der Waals surface area contributed by atoms with Crippen LogP contribution in [0.4, 0.5) is 0 Å². The predicted octanol–water partition coefficient (Wildman–Crippen LogP) is 3.62. The largest absolute Gasteiger partial charge is 0.496 e. The van der Waals surface area contributed by atoms with Gasteiger partial charge in [0.15, 0.2) is 0 Å². The van der Waals surface area contributed by atoms with Gasteiger partial charge < -0.3 is 9.84 Å². The van der Waals surface area contributed by atoms with Crippen LogP contribution in [0, 0.1) is 6.92 Å². The Bertz CT molecular complexity index is 605. The van der Waals surface area contributed by atoms with E-state index in [1.165, 1.54) is 0 Å². The smallest absolute Gasteiger partial charge is 0.336 e. The van der Waals surface area contributed by atoms with E-state index in [0.29, 0.717) is 22.3 Å². The van der Waals surface area contributed by atoms with Gasteiger partial charge >= 0.3 is 5.97 Å². The summed E-state index contributed by atoms with van der Waals surface area (Å²) in [6.45, 7) is 1.75. The number of halogens is 1. The minimum Gasteiger partial charge on any atom is -0.496 e. The van der Waals surface area contributed by atoms with Crippen molar-refractivity contribution in [2.75, 3.05) is 7.11 Å². The molecular weight excluding hydrogens is 284 g/mol. The van der Waals surface area contributed by atoms with E-state index in [1.807, 2.05) is 24.3 Å². The predicted molar refractivity (Wildman–Crippen MR) is 69.9 cm³/mol. The molecule has 2 rings (SSSR count). The van der Waals surface area contributed by atoms with Gasteiger partial charge in [-0.25, -0.2) is 4.79 Å². The number of methoxy groups -OCH3 is 1. The Kier molecular flexibility index (Phi) is 3.07. The van der Waals surface area contributed by atoms with Crippen molar-refractivity contribution in [3.63, 3.8) is 0 Å². The summed E-state index contributed by atoms with van der Waals surface area (Å²) in [5.74, 6) is -0.346. The maximum Gasteiger partial charge on any atom is 0.336 e. The van der Waals surface area contributed by atoms with Gasteiger partial charge in [0.2, 0.25) is 0 Å². The van der Waals surface area contributed by atoms with Gasteiger partial charge in [-0.2, -0.15) is 0 Å². The molecule has 0 heterocycles. The number of benzene rings is 2. The van der Waals surface area contributed by atoms with Crippen molar-refractivity contribution in [3.05, 3.63) is 39.9 Å². The van der Waals surface area contributed by atoms with Gasteiger partial charge in [0, 0.05) is 10.0 Å². The number of carboxylic acids is 1. The van der Waals surface area contributed by atoms with Crippen molar-refractivity contribution in [3.8, 4) is 5.75 Å². The van der Waals surface area contributed by atoms with E-state index in [1.54, 1.807) is 14.0 Å². The van der Waals surface area contributed by atoms with Gasteiger partial charge in [-0.05, 0) is 35.9 Å². The molecule has 0 unspecified atom stereocenters. The number of fused-ring (bicyclic) bond motifs is 1. The summed E-state index contributed by atoms with van der Waals surface area (Å²) in [6.07, 6.45) is 0. The molecule has 0 aliphatic carbocycles. The Morgan fingerprint density at radius 3 is 2.65 bits per heavy atom. The van der Waals surface area contributed by atoms with Crippen LogP contribution in [-0.2, 0) is 0 Å². The highest BCUT2D eigenvalue weighted by Crippen LogP contribution is 2.32. The molecular formula is C13H11BrO3. The summed E-state index contributed by atoms with van der Waals surface area (Å²) < 4.78 is 6.06. The Labute approximate surface area is 107 Å². The topological polar surface area (TPSA) is 46.5 Å². The van der Waals surface area contributed by atoms with Crippen LogP contribution in [0.15, 0.2) is 28.7 Å². The third-order valence-corrected chi connectivity index (χ3v) is 3.24. The Balaban J connectivity index is 2.92. The van der Waals surface area contributed by atoms with E-state index in [9.17, 15) is 9.90 Å². The monoisotopic (exact) mass is 294 g/mol. The molecule has 3 nitrogen and oxygen atoms in total. The molecule has 0 amide bonds. The van der Waals surface area contributed by atoms with E-state index in [4.69, 9.17) is 4.74 Å². The van der Waals surface area contributed by atoms with Gasteiger partial charge in [0.25, 0.3) is 0 Å². The molecule has 1 N–H and O–H groups in total. The molecule has 17 heavy (non-hydrogen) atoms. The van der Waals surface area contributed by atoms with Gasteiger partial charge in [-0.15, -0.1) is 0 Å². The lowest BCUT2D eigenvalue weighted by atomic mass is 9.99.